The molecule has 0 N–H and O–H groups in total. The van der Waals surface area contributed by atoms with Crippen LogP contribution in [0.5, 0.6) is 0 Å². The van der Waals surface area contributed by atoms with Crippen molar-refractivity contribution in [3.8, 4) is 0 Å². The summed E-state index contributed by atoms with van der Waals surface area (Å²) in [4.78, 5) is 3.43. The predicted molar refractivity (Wildman–Crippen MR) is 56.5 cm³/mol. The molecule has 0 saturated heterocycles. The van der Waals surface area contributed by atoms with Crippen LogP contribution < -0.4 is 0 Å². The van der Waals surface area contributed by atoms with Crippen molar-refractivity contribution in [1.29, 1.82) is 0 Å². The summed E-state index contributed by atoms with van der Waals surface area (Å²) in [6.45, 7) is 0. The second-order valence-electron chi connectivity index (χ2n) is 2.79. The first-order valence-electron chi connectivity index (χ1n) is 3.88. The van der Waals surface area contributed by atoms with Crippen LogP contribution in [-0.4, -0.2) is 4.98 Å². The molecule has 1 rings (SSSR count). The highest BCUT2D eigenvalue weighted by Gasteiger charge is 2.35. The number of halogens is 7. The van der Waals surface area contributed by atoms with Crippen LogP contribution in [0.2, 0.25) is 0 Å². The van der Waals surface area contributed by atoms with Crippen LogP contribution in [0.4, 0.5) is 22.0 Å². The first kappa shape index (κ1) is 13.9. The van der Waals surface area contributed by atoms with Crippen molar-refractivity contribution in [3.63, 3.8) is 0 Å². The minimum atomic E-state index is -4.70. The number of hydrogen-bond acceptors (Lipinski definition) is 1. The van der Waals surface area contributed by atoms with E-state index in [1.54, 1.807) is 0 Å². The van der Waals surface area contributed by atoms with Crippen LogP contribution in [0.25, 0.3) is 0 Å². The molecule has 90 valence electrons. The van der Waals surface area contributed by atoms with Gasteiger partial charge in [0.15, 0.2) is 0 Å². The molecule has 1 heterocycles. The van der Waals surface area contributed by atoms with Gasteiger partial charge in [0.05, 0.1) is 17.1 Å². The molecule has 0 aliphatic rings. The van der Waals surface area contributed by atoms with Crippen molar-refractivity contribution >= 4 is 34.2 Å². The van der Waals surface area contributed by atoms with Gasteiger partial charge in [0.1, 0.15) is 3.70 Å². The van der Waals surface area contributed by atoms with Gasteiger partial charge in [-0.1, -0.05) is 0 Å². The molecule has 0 aliphatic carbocycles. The zero-order valence-electron chi connectivity index (χ0n) is 7.45. The van der Waals surface area contributed by atoms with Crippen molar-refractivity contribution in [2.45, 2.75) is 18.5 Å². The number of aromatic nitrogens is 1. The minimum Gasteiger partial charge on any atom is -0.244 e. The number of alkyl halides is 6. The van der Waals surface area contributed by atoms with E-state index in [2.05, 4.69) is 4.98 Å². The van der Waals surface area contributed by atoms with Crippen molar-refractivity contribution in [3.05, 3.63) is 26.6 Å². The fourth-order valence-electron chi connectivity index (χ4n) is 1.04. The van der Waals surface area contributed by atoms with Gasteiger partial charge in [-0.05, 0) is 28.7 Å². The Balaban J connectivity index is 3.39. The molecule has 0 aliphatic heterocycles. The Morgan fingerprint density at radius 3 is 2.31 bits per heavy atom. The number of pyridine rings is 1. The standard InChI is InChI=1S/C8H4ClF5IN/c9-2-5-3(6(10)11)1-4(7(15)16-5)8(12,13)14/h1,6H,2H2. The van der Waals surface area contributed by atoms with Crippen molar-refractivity contribution in [2.24, 2.45) is 0 Å². The number of nitrogens with zero attached hydrogens (tertiary/aromatic N) is 1. The Morgan fingerprint density at radius 2 is 1.94 bits per heavy atom. The summed E-state index contributed by atoms with van der Waals surface area (Å²) >= 11 is 6.67. The molecule has 1 aromatic rings. The Labute approximate surface area is 106 Å². The predicted octanol–water partition coefficient (Wildman–Crippen LogP) is 4.38. The van der Waals surface area contributed by atoms with Crippen LogP contribution >= 0.6 is 34.2 Å². The third kappa shape index (κ3) is 2.93. The zero-order valence-corrected chi connectivity index (χ0v) is 10.4. The van der Waals surface area contributed by atoms with E-state index in [0.717, 1.165) is 0 Å². The van der Waals surface area contributed by atoms with E-state index < -0.39 is 23.7 Å². The maximum atomic E-state index is 12.4. The van der Waals surface area contributed by atoms with E-state index in [0.29, 0.717) is 6.07 Å². The Hall–Kier alpha value is -0.180. The molecule has 1 nitrogen and oxygen atoms in total. The second-order valence-corrected chi connectivity index (χ2v) is 4.08. The molecule has 1 aromatic heterocycles. The van der Waals surface area contributed by atoms with Gasteiger partial charge in [-0.3, -0.25) is 0 Å². The van der Waals surface area contributed by atoms with E-state index in [1.165, 1.54) is 22.6 Å². The molecule has 8 heteroatoms. The van der Waals surface area contributed by atoms with E-state index in [1.807, 2.05) is 0 Å². The molecular formula is C8H4ClF5IN. The van der Waals surface area contributed by atoms with Gasteiger partial charge in [-0.25, -0.2) is 13.8 Å². The van der Waals surface area contributed by atoms with Crippen LogP contribution in [0.3, 0.4) is 0 Å². The highest BCUT2D eigenvalue weighted by molar-refractivity contribution is 14.1. The average Bonchev–Trinajstić information content (AvgIpc) is 2.14. The molecule has 16 heavy (non-hydrogen) atoms. The van der Waals surface area contributed by atoms with Gasteiger partial charge >= 0.3 is 6.18 Å². The summed E-state index contributed by atoms with van der Waals surface area (Å²) in [6.07, 6.45) is -7.72. The normalized spacial score (nSPS) is 12.2. The summed E-state index contributed by atoms with van der Waals surface area (Å²) < 4.78 is 61.7. The van der Waals surface area contributed by atoms with Crippen molar-refractivity contribution < 1.29 is 22.0 Å². The summed E-state index contributed by atoms with van der Waals surface area (Å²) in [5.41, 5.74) is -2.17. The molecule has 0 spiro atoms. The fraction of sp³-hybridized carbons (Fsp3) is 0.375. The third-order valence-corrected chi connectivity index (χ3v) is 2.83. The molecule has 0 amide bonds. The zero-order chi connectivity index (χ0) is 12.5. The SMILES string of the molecule is FC(F)c1cc(C(F)(F)F)c(I)nc1CCl. The molecular weight excluding hydrogens is 367 g/mol. The van der Waals surface area contributed by atoms with Crippen molar-refractivity contribution in [1.82, 2.24) is 4.98 Å². The van der Waals surface area contributed by atoms with Crippen LogP contribution in [0, 0.1) is 3.70 Å². The van der Waals surface area contributed by atoms with E-state index in [4.69, 9.17) is 11.6 Å². The lowest BCUT2D eigenvalue weighted by molar-refractivity contribution is -0.138. The third-order valence-electron chi connectivity index (χ3n) is 1.76. The Morgan fingerprint density at radius 1 is 1.38 bits per heavy atom. The summed E-state index contributed by atoms with van der Waals surface area (Å²) in [6, 6.07) is 0.400. The van der Waals surface area contributed by atoms with Crippen molar-refractivity contribution in [2.75, 3.05) is 0 Å². The lowest BCUT2D eigenvalue weighted by atomic mass is 10.1. The second kappa shape index (κ2) is 4.99. The smallest absolute Gasteiger partial charge is 0.244 e. The van der Waals surface area contributed by atoms with Gasteiger partial charge in [-0.15, -0.1) is 11.6 Å². The van der Waals surface area contributed by atoms with Gasteiger partial charge in [-0.2, -0.15) is 13.2 Å². The van der Waals surface area contributed by atoms with Gasteiger partial charge in [0.2, 0.25) is 0 Å². The lowest BCUT2D eigenvalue weighted by Crippen LogP contribution is -2.12. The highest BCUT2D eigenvalue weighted by atomic mass is 127. The van der Waals surface area contributed by atoms with Gasteiger partial charge < -0.3 is 0 Å². The van der Waals surface area contributed by atoms with E-state index in [-0.39, 0.29) is 15.3 Å². The highest BCUT2D eigenvalue weighted by Crippen LogP contribution is 2.35. The maximum absolute atomic E-state index is 12.4. The molecule has 0 fully saturated rings. The summed E-state index contributed by atoms with van der Waals surface area (Å²) in [5.74, 6) is -0.353. The lowest BCUT2D eigenvalue weighted by Gasteiger charge is -2.13. The molecule has 0 bridgehead atoms. The summed E-state index contributed by atoms with van der Waals surface area (Å²) in [5, 5.41) is 0. The first-order valence-corrected chi connectivity index (χ1v) is 5.49. The Bertz CT molecular complexity index is 393. The van der Waals surface area contributed by atoms with Gasteiger partial charge in [0.25, 0.3) is 6.43 Å². The monoisotopic (exact) mass is 371 g/mol. The quantitative estimate of drug-likeness (QED) is 0.325. The molecule has 0 radical (unpaired) electrons. The Kier molecular flexibility index (Phi) is 4.33. The largest absolute Gasteiger partial charge is 0.418 e. The van der Waals surface area contributed by atoms with Crippen LogP contribution in [-0.2, 0) is 12.1 Å². The molecule has 0 saturated carbocycles. The van der Waals surface area contributed by atoms with Gasteiger partial charge in [0, 0.05) is 5.56 Å². The van der Waals surface area contributed by atoms with E-state index >= 15 is 0 Å². The summed E-state index contributed by atoms with van der Waals surface area (Å²) in [7, 11) is 0. The first-order chi connectivity index (χ1) is 7.27. The molecule has 0 unspecified atom stereocenters. The minimum absolute atomic E-state index is 0.228. The topological polar surface area (TPSA) is 12.9 Å². The number of hydrogen-bond donors (Lipinski definition) is 0. The van der Waals surface area contributed by atoms with E-state index in [9.17, 15) is 22.0 Å². The molecule has 0 atom stereocenters. The maximum Gasteiger partial charge on any atom is 0.418 e. The number of rotatable bonds is 2. The van der Waals surface area contributed by atoms with Crippen LogP contribution in [0.1, 0.15) is 23.2 Å². The molecule has 0 aromatic carbocycles. The average molecular weight is 371 g/mol. The van der Waals surface area contributed by atoms with Crippen LogP contribution in [0.15, 0.2) is 6.07 Å². The fourth-order valence-corrected chi connectivity index (χ4v) is 2.00.